The van der Waals surface area contributed by atoms with Crippen LogP contribution in [0.1, 0.15) is 40.3 Å². The largest absolute Gasteiger partial charge is 0.489 e. The van der Waals surface area contributed by atoms with Crippen LogP contribution in [0.2, 0.25) is 0 Å². The number of aryl methyl sites for hydroxylation is 3. The Balaban J connectivity index is 1.58. The maximum absolute atomic E-state index is 12.6. The fraction of sp³-hybridized carbons (Fsp3) is 0.471. The van der Waals surface area contributed by atoms with E-state index in [0.29, 0.717) is 30.1 Å². The molecular formula is C17H21N3O3. The van der Waals surface area contributed by atoms with Crippen molar-refractivity contribution in [3.05, 3.63) is 41.0 Å². The zero-order valence-corrected chi connectivity index (χ0v) is 13.7. The lowest BCUT2D eigenvalue weighted by Crippen LogP contribution is -2.42. The SMILES string of the molecule is Cc1ccc(OC2CCN(C(=O)c3c(C)noc3C)CC2)cn1. The van der Waals surface area contributed by atoms with Crippen molar-refractivity contribution < 1.29 is 14.1 Å². The van der Waals surface area contributed by atoms with E-state index in [1.54, 1.807) is 20.0 Å². The Morgan fingerprint density at radius 2 is 2.00 bits per heavy atom. The van der Waals surface area contributed by atoms with Crippen LogP contribution in [0.25, 0.3) is 0 Å². The fourth-order valence-electron chi connectivity index (χ4n) is 2.84. The van der Waals surface area contributed by atoms with Crippen LogP contribution in [0.15, 0.2) is 22.9 Å². The van der Waals surface area contributed by atoms with Crippen LogP contribution >= 0.6 is 0 Å². The molecule has 1 amide bonds. The lowest BCUT2D eigenvalue weighted by atomic mass is 10.1. The number of nitrogens with zero attached hydrogens (tertiary/aromatic N) is 3. The third-order valence-electron chi connectivity index (χ3n) is 4.16. The van der Waals surface area contributed by atoms with Crippen LogP contribution in [-0.2, 0) is 0 Å². The van der Waals surface area contributed by atoms with E-state index in [0.717, 1.165) is 24.3 Å². The highest BCUT2D eigenvalue weighted by atomic mass is 16.5. The number of amides is 1. The smallest absolute Gasteiger partial charge is 0.259 e. The molecule has 6 heteroatoms. The van der Waals surface area contributed by atoms with Crippen LogP contribution in [0.3, 0.4) is 0 Å². The minimum Gasteiger partial charge on any atom is -0.489 e. The third-order valence-corrected chi connectivity index (χ3v) is 4.16. The molecule has 1 fully saturated rings. The van der Waals surface area contributed by atoms with E-state index < -0.39 is 0 Å². The summed E-state index contributed by atoms with van der Waals surface area (Å²) in [5, 5.41) is 3.86. The fourth-order valence-corrected chi connectivity index (χ4v) is 2.84. The number of rotatable bonds is 3. The first-order valence-electron chi connectivity index (χ1n) is 7.86. The molecule has 0 aromatic carbocycles. The molecule has 0 N–H and O–H groups in total. The second-order valence-electron chi connectivity index (χ2n) is 5.94. The van der Waals surface area contributed by atoms with Crippen LogP contribution in [0.5, 0.6) is 5.75 Å². The summed E-state index contributed by atoms with van der Waals surface area (Å²) >= 11 is 0. The summed E-state index contributed by atoms with van der Waals surface area (Å²) in [5.74, 6) is 1.36. The molecule has 0 spiro atoms. The molecule has 0 atom stereocenters. The van der Waals surface area contributed by atoms with E-state index in [4.69, 9.17) is 9.26 Å². The Labute approximate surface area is 135 Å². The van der Waals surface area contributed by atoms with E-state index in [1.165, 1.54) is 0 Å². The average molecular weight is 315 g/mol. The zero-order chi connectivity index (χ0) is 16.4. The van der Waals surface area contributed by atoms with E-state index in [2.05, 4.69) is 10.1 Å². The maximum Gasteiger partial charge on any atom is 0.259 e. The van der Waals surface area contributed by atoms with Gasteiger partial charge in [0.05, 0.1) is 11.9 Å². The predicted molar refractivity (Wildman–Crippen MR) is 84.5 cm³/mol. The lowest BCUT2D eigenvalue weighted by molar-refractivity contribution is 0.0593. The highest BCUT2D eigenvalue weighted by Gasteiger charge is 2.28. The summed E-state index contributed by atoms with van der Waals surface area (Å²) in [6, 6.07) is 3.87. The van der Waals surface area contributed by atoms with E-state index >= 15 is 0 Å². The first-order chi connectivity index (χ1) is 11.0. The molecule has 2 aromatic rings. The second-order valence-corrected chi connectivity index (χ2v) is 5.94. The molecule has 2 aromatic heterocycles. The average Bonchev–Trinajstić information content (AvgIpc) is 2.88. The van der Waals surface area contributed by atoms with Gasteiger partial charge in [0.1, 0.15) is 23.2 Å². The Bertz CT molecular complexity index is 666. The minimum absolute atomic E-state index is 0.00305. The number of carbonyl (C=O) groups excluding carboxylic acids is 1. The molecule has 0 saturated carbocycles. The van der Waals surface area contributed by atoms with Gasteiger partial charge in [-0.3, -0.25) is 9.78 Å². The topological polar surface area (TPSA) is 68.5 Å². The quantitative estimate of drug-likeness (QED) is 0.871. The van der Waals surface area contributed by atoms with Crippen LogP contribution in [0, 0.1) is 20.8 Å². The van der Waals surface area contributed by atoms with Gasteiger partial charge < -0.3 is 14.2 Å². The van der Waals surface area contributed by atoms with Crippen molar-refractivity contribution >= 4 is 5.91 Å². The van der Waals surface area contributed by atoms with E-state index in [9.17, 15) is 4.79 Å². The Kier molecular flexibility index (Phi) is 4.32. The van der Waals surface area contributed by atoms with E-state index in [-0.39, 0.29) is 12.0 Å². The molecule has 3 rings (SSSR count). The molecule has 1 saturated heterocycles. The molecule has 1 aliphatic rings. The molecular weight excluding hydrogens is 294 g/mol. The highest BCUT2D eigenvalue weighted by molar-refractivity contribution is 5.96. The van der Waals surface area contributed by atoms with Gasteiger partial charge in [-0.15, -0.1) is 0 Å². The molecule has 23 heavy (non-hydrogen) atoms. The number of hydrogen-bond acceptors (Lipinski definition) is 5. The summed E-state index contributed by atoms with van der Waals surface area (Å²) < 4.78 is 11.0. The molecule has 0 radical (unpaired) electrons. The van der Waals surface area contributed by atoms with Gasteiger partial charge in [-0.25, -0.2) is 0 Å². The van der Waals surface area contributed by atoms with Crippen LogP contribution in [0.4, 0.5) is 0 Å². The zero-order valence-electron chi connectivity index (χ0n) is 13.7. The van der Waals surface area contributed by atoms with Gasteiger partial charge in [0, 0.05) is 31.6 Å². The van der Waals surface area contributed by atoms with Gasteiger partial charge in [-0.2, -0.15) is 0 Å². The predicted octanol–water partition coefficient (Wildman–Crippen LogP) is 2.68. The van der Waals surface area contributed by atoms with Crippen LogP contribution < -0.4 is 4.74 Å². The first-order valence-corrected chi connectivity index (χ1v) is 7.86. The Morgan fingerprint density at radius 1 is 1.26 bits per heavy atom. The van der Waals surface area contributed by atoms with Crippen molar-refractivity contribution in [3.8, 4) is 5.75 Å². The number of hydrogen-bond donors (Lipinski definition) is 0. The first kappa shape index (κ1) is 15.5. The van der Waals surface area contributed by atoms with Crippen molar-refractivity contribution in [2.75, 3.05) is 13.1 Å². The van der Waals surface area contributed by atoms with Crippen molar-refractivity contribution in [3.63, 3.8) is 0 Å². The third kappa shape index (κ3) is 3.36. The molecule has 3 heterocycles. The number of pyridine rings is 1. The second kappa shape index (κ2) is 6.40. The van der Waals surface area contributed by atoms with Crippen LogP contribution in [-0.4, -0.2) is 40.1 Å². The minimum atomic E-state index is -0.00305. The monoisotopic (exact) mass is 315 g/mol. The van der Waals surface area contributed by atoms with Gasteiger partial charge in [0.15, 0.2) is 0 Å². The van der Waals surface area contributed by atoms with Crippen molar-refractivity contribution in [1.29, 1.82) is 0 Å². The van der Waals surface area contributed by atoms with Crippen molar-refractivity contribution in [1.82, 2.24) is 15.0 Å². The lowest BCUT2D eigenvalue weighted by Gasteiger charge is -2.32. The standard InChI is InChI=1S/C17H21N3O3/c1-11-4-5-15(10-18-11)22-14-6-8-20(9-7-14)17(21)16-12(2)19-23-13(16)3/h4-5,10,14H,6-9H2,1-3H3. The van der Waals surface area contributed by atoms with E-state index in [1.807, 2.05) is 24.0 Å². The van der Waals surface area contributed by atoms with Gasteiger partial charge >= 0.3 is 0 Å². The van der Waals surface area contributed by atoms with Gasteiger partial charge in [-0.1, -0.05) is 5.16 Å². The van der Waals surface area contributed by atoms with Crippen molar-refractivity contribution in [2.45, 2.75) is 39.7 Å². The van der Waals surface area contributed by atoms with Gasteiger partial charge in [0.2, 0.25) is 0 Å². The molecule has 0 unspecified atom stereocenters. The normalized spacial score (nSPS) is 15.7. The summed E-state index contributed by atoms with van der Waals surface area (Å²) in [6.07, 6.45) is 3.48. The summed E-state index contributed by atoms with van der Waals surface area (Å²) in [5.41, 5.74) is 2.21. The summed E-state index contributed by atoms with van der Waals surface area (Å²) in [7, 11) is 0. The number of ether oxygens (including phenoxy) is 1. The number of carbonyl (C=O) groups is 1. The highest BCUT2D eigenvalue weighted by Crippen LogP contribution is 2.21. The van der Waals surface area contributed by atoms with Gasteiger partial charge in [0.25, 0.3) is 5.91 Å². The summed E-state index contributed by atoms with van der Waals surface area (Å²) in [4.78, 5) is 18.7. The molecule has 0 aliphatic carbocycles. The molecule has 122 valence electrons. The number of aromatic nitrogens is 2. The summed E-state index contributed by atoms with van der Waals surface area (Å²) in [6.45, 7) is 6.86. The number of piperidine rings is 1. The molecule has 1 aliphatic heterocycles. The number of likely N-dealkylation sites (tertiary alicyclic amines) is 1. The Morgan fingerprint density at radius 3 is 2.57 bits per heavy atom. The van der Waals surface area contributed by atoms with Crippen molar-refractivity contribution in [2.24, 2.45) is 0 Å². The van der Waals surface area contributed by atoms with Gasteiger partial charge in [-0.05, 0) is 32.9 Å². The molecule has 0 bridgehead atoms. The maximum atomic E-state index is 12.6. The Hall–Kier alpha value is -2.37. The molecule has 6 nitrogen and oxygen atoms in total.